The fourth-order valence-electron chi connectivity index (χ4n) is 2.05. The van der Waals surface area contributed by atoms with E-state index in [0.29, 0.717) is 16.7 Å². The van der Waals surface area contributed by atoms with Crippen molar-refractivity contribution in [1.82, 2.24) is 8.96 Å². The fourth-order valence-corrected chi connectivity index (χ4v) is 3.54. The molecule has 2 heterocycles. The first-order valence-electron chi connectivity index (χ1n) is 5.77. The molecule has 0 amide bonds. The first-order valence-corrected chi connectivity index (χ1v) is 7.21. The lowest BCUT2D eigenvalue weighted by atomic mass is 10.3. The first-order chi connectivity index (χ1) is 9.10. The Morgan fingerprint density at radius 2 is 1.84 bits per heavy atom. The highest BCUT2D eigenvalue weighted by Gasteiger charge is 2.21. The minimum absolute atomic E-state index is 0.245. The summed E-state index contributed by atoms with van der Waals surface area (Å²) >= 11 is 0. The van der Waals surface area contributed by atoms with E-state index in [0.717, 1.165) is 0 Å². The van der Waals surface area contributed by atoms with Gasteiger partial charge in [0, 0.05) is 23.3 Å². The van der Waals surface area contributed by atoms with Gasteiger partial charge in [0.1, 0.15) is 0 Å². The largest absolute Gasteiger partial charge is 0.269 e. The molecule has 5 heteroatoms. The molecule has 2 aromatic heterocycles. The zero-order chi connectivity index (χ0) is 13.5. The van der Waals surface area contributed by atoms with Crippen LogP contribution in [0, 0.1) is 13.0 Å². The van der Waals surface area contributed by atoms with E-state index in [-0.39, 0.29) is 4.90 Å². The standard InChI is InChI=1S/C14H11N2O2S/c1-11-10-12-6-5-9-15-14(12)16(11)19(17,18)13-7-3-2-4-8-13/h2-9H,1H3. The number of aryl methyl sites for hydroxylation is 1. The van der Waals surface area contributed by atoms with Crippen molar-refractivity contribution in [3.05, 3.63) is 60.4 Å². The molecule has 3 rings (SSSR count). The van der Waals surface area contributed by atoms with Crippen LogP contribution in [0.5, 0.6) is 0 Å². The molecule has 19 heavy (non-hydrogen) atoms. The Bertz CT molecular complexity index is 836. The van der Waals surface area contributed by atoms with E-state index in [1.165, 1.54) is 3.97 Å². The van der Waals surface area contributed by atoms with Gasteiger partial charge in [0.05, 0.1) is 4.90 Å². The van der Waals surface area contributed by atoms with Crippen LogP contribution in [0.2, 0.25) is 0 Å². The van der Waals surface area contributed by atoms with Crippen LogP contribution in [0.1, 0.15) is 5.69 Å². The molecule has 0 aliphatic rings. The van der Waals surface area contributed by atoms with Gasteiger partial charge in [-0.2, -0.15) is 0 Å². The second-order valence-electron chi connectivity index (χ2n) is 4.17. The monoisotopic (exact) mass is 271 g/mol. The third kappa shape index (κ3) is 1.82. The summed E-state index contributed by atoms with van der Waals surface area (Å²) in [7, 11) is -3.63. The molecule has 0 aliphatic heterocycles. The van der Waals surface area contributed by atoms with Crippen LogP contribution in [-0.4, -0.2) is 17.4 Å². The highest BCUT2D eigenvalue weighted by molar-refractivity contribution is 7.90. The molecule has 0 N–H and O–H groups in total. The summed E-state index contributed by atoms with van der Waals surface area (Å²) in [4.78, 5) is 4.39. The molecule has 95 valence electrons. The van der Waals surface area contributed by atoms with Gasteiger partial charge in [0.15, 0.2) is 5.65 Å². The number of hydrogen-bond donors (Lipinski definition) is 0. The van der Waals surface area contributed by atoms with E-state index in [4.69, 9.17) is 0 Å². The number of aromatic nitrogens is 2. The number of fused-ring (bicyclic) bond motifs is 1. The van der Waals surface area contributed by atoms with Gasteiger partial charge in [-0.3, -0.25) is 0 Å². The third-order valence-electron chi connectivity index (χ3n) is 2.88. The second-order valence-corrected chi connectivity index (χ2v) is 5.95. The van der Waals surface area contributed by atoms with Crippen molar-refractivity contribution in [2.24, 2.45) is 0 Å². The van der Waals surface area contributed by atoms with Crippen molar-refractivity contribution in [1.29, 1.82) is 0 Å². The SMILES string of the molecule is Cc1[c]c2cccnc2n1S(=O)(=O)c1ccccc1. The topological polar surface area (TPSA) is 52.0 Å². The number of pyridine rings is 1. The summed E-state index contributed by atoms with van der Waals surface area (Å²) in [6.45, 7) is 1.71. The smallest absolute Gasteiger partial charge is 0.237 e. The highest BCUT2D eigenvalue weighted by atomic mass is 32.2. The van der Waals surface area contributed by atoms with Crippen molar-refractivity contribution in [3.8, 4) is 0 Å². The summed E-state index contributed by atoms with van der Waals surface area (Å²) < 4.78 is 26.5. The molecule has 0 aliphatic carbocycles. The average Bonchev–Trinajstić information content (AvgIpc) is 2.76. The number of rotatable bonds is 2. The molecule has 0 saturated heterocycles. The van der Waals surface area contributed by atoms with Crippen molar-refractivity contribution in [2.75, 3.05) is 0 Å². The van der Waals surface area contributed by atoms with Gasteiger partial charge in [0.2, 0.25) is 0 Å². The Morgan fingerprint density at radius 3 is 2.58 bits per heavy atom. The Kier molecular flexibility index (Phi) is 2.64. The number of benzene rings is 1. The zero-order valence-corrected chi connectivity index (χ0v) is 11.1. The maximum Gasteiger partial charge on any atom is 0.269 e. The van der Waals surface area contributed by atoms with E-state index >= 15 is 0 Å². The van der Waals surface area contributed by atoms with Crippen LogP contribution in [0.3, 0.4) is 0 Å². The van der Waals surface area contributed by atoms with Crippen molar-refractivity contribution in [3.63, 3.8) is 0 Å². The van der Waals surface area contributed by atoms with Crippen LogP contribution in [0.15, 0.2) is 53.6 Å². The molecule has 0 fully saturated rings. The van der Waals surface area contributed by atoms with Crippen molar-refractivity contribution >= 4 is 21.1 Å². The average molecular weight is 271 g/mol. The molecule has 1 radical (unpaired) electrons. The summed E-state index contributed by atoms with van der Waals surface area (Å²) in [6.07, 6.45) is 1.58. The van der Waals surface area contributed by atoms with Gasteiger partial charge in [-0.15, -0.1) is 0 Å². The van der Waals surface area contributed by atoms with Gasteiger partial charge >= 0.3 is 0 Å². The van der Waals surface area contributed by atoms with Crippen LogP contribution < -0.4 is 0 Å². The lowest BCUT2D eigenvalue weighted by Crippen LogP contribution is -2.14. The number of hydrogen-bond acceptors (Lipinski definition) is 3. The van der Waals surface area contributed by atoms with Crippen molar-refractivity contribution in [2.45, 2.75) is 11.8 Å². The van der Waals surface area contributed by atoms with Gasteiger partial charge in [-0.1, -0.05) is 18.2 Å². The van der Waals surface area contributed by atoms with E-state index in [9.17, 15) is 8.42 Å². The summed E-state index contributed by atoms with van der Waals surface area (Å²) in [5, 5.41) is 0.694. The minimum Gasteiger partial charge on any atom is -0.237 e. The Balaban J connectivity index is 2.34. The van der Waals surface area contributed by atoms with Gasteiger partial charge in [-0.05, 0) is 31.2 Å². The molecular weight excluding hydrogens is 260 g/mol. The Labute approximate surface area is 111 Å². The molecule has 1 aromatic carbocycles. The van der Waals surface area contributed by atoms with E-state index in [2.05, 4.69) is 11.1 Å². The maximum atomic E-state index is 12.6. The molecule has 4 nitrogen and oxygen atoms in total. The van der Waals surface area contributed by atoms with Gasteiger partial charge in [-0.25, -0.2) is 17.4 Å². The second kappa shape index (κ2) is 4.20. The molecule has 0 unspecified atom stereocenters. The van der Waals surface area contributed by atoms with E-state index < -0.39 is 10.0 Å². The van der Waals surface area contributed by atoms with E-state index in [1.54, 1.807) is 55.6 Å². The minimum atomic E-state index is -3.63. The maximum absolute atomic E-state index is 12.6. The number of nitrogens with zero attached hydrogens (tertiary/aromatic N) is 2. The lowest BCUT2D eigenvalue weighted by Gasteiger charge is -2.08. The van der Waals surface area contributed by atoms with Gasteiger partial charge < -0.3 is 0 Å². The summed E-state index contributed by atoms with van der Waals surface area (Å²) in [5.41, 5.74) is 0.932. The zero-order valence-electron chi connectivity index (χ0n) is 10.2. The molecule has 0 atom stereocenters. The molecule has 0 bridgehead atoms. The Morgan fingerprint density at radius 1 is 1.11 bits per heavy atom. The van der Waals surface area contributed by atoms with Crippen LogP contribution in [0.25, 0.3) is 11.0 Å². The Hall–Kier alpha value is -2.14. The predicted octanol–water partition coefficient (Wildman–Crippen LogP) is 2.38. The van der Waals surface area contributed by atoms with Gasteiger partial charge in [0.25, 0.3) is 10.0 Å². The lowest BCUT2D eigenvalue weighted by molar-refractivity contribution is 0.587. The van der Waals surface area contributed by atoms with Crippen LogP contribution >= 0.6 is 0 Å². The fraction of sp³-hybridized carbons (Fsp3) is 0.0714. The molecular formula is C14H11N2O2S. The van der Waals surface area contributed by atoms with Crippen molar-refractivity contribution < 1.29 is 8.42 Å². The summed E-state index contributed by atoms with van der Waals surface area (Å²) in [6, 6.07) is 14.9. The molecule has 0 saturated carbocycles. The quantitative estimate of drug-likeness (QED) is 0.719. The normalized spacial score (nSPS) is 11.8. The van der Waals surface area contributed by atoms with Crippen LogP contribution in [-0.2, 0) is 10.0 Å². The van der Waals surface area contributed by atoms with E-state index in [1.807, 2.05) is 0 Å². The van der Waals surface area contributed by atoms with Crippen LogP contribution in [0.4, 0.5) is 0 Å². The highest BCUT2D eigenvalue weighted by Crippen LogP contribution is 2.22. The molecule has 0 spiro atoms. The molecule has 3 aromatic rings. The summed E-state index contributed by atoms with van der Waals surface area (Å²) in [5.74, 6) is 0. The first kappa shape index (κ1) is 11.9. The third-order valence-corrected chi connectivity index (χ3v) is 4.68. The predicted molar refractivity (Wildman–Crippen MR) is 72.3 cm³/mol.